The number of pyridine rings is 1. The van der Waals surface area contributed by atoms with Crippen molar-refractivity contribution in [3.63, 3.8) is 0 Å². The quantitative estimate of drug-likeness (QED) is 0.542. The van der Waals surface area contributed by atoms with E-state index in [1.165, 1.54) is 5.56 Å². The van der Waals surface area contributed by atoms with Gasteiger partial charge >= 0.3 is 0 Å². The first-order chi connectivity index (χ1) is 11.8. The van der Waals surface area contributed by atoms with Crippen LogP contribution in [-0.2, 0) is 12.8 Å². The molecule has 3 heterocycles. The van der Waals surface area contributed by atoms with Gasteiger partial charge in [-0.1, -0.05) is 31.3 Å². The van der Waals surface area contributed by atoms with Crippen LogP contribution in [0.3, 0.4) is 0 Å². The van der Waals surface area contributed by atoms with Crippen LogP contribution in [0, 0.1) is 0 Å². The molecular weight excluding hydrogens is 297 g/mol. The lowest BCUT2D eigenvalue weighted by Crippen LogP contribution is -2.10. The number of benzene rings is 1. The lowest BCUT2D eigenvalue weighted by atomic mass is 9.74. The average molecular weight is 314 g/mol. The van der Waals surface area contributed by atoms with Gasteiger partial charge in [0.05, 0.1) is 11.2 Å². The Morgan fingerprint density at radius 2 is 2.00 bits per heavy atom. The van der Waals surface area contributed by atoms with Crippen molar-refractivity contribution in [3.05, 3.63) is 59.7 Å². The van der Waals surface area contributed by atoms with Crippen LogP contribution < -0.4 is 5.46 Å². The lowest BCUT2D eigenvalue weighted by Gasteiger charge is -2.05. The topological polar surface area (TPSA) is 56.0 Å². The number of hydrogen-bond donors (Lipinski definition) is 0. The van der Waals surface area contributed by atoms with Crippen LogP contribution in [0.5, 0.6) is 0 Å². The summed E-state index contributed by atoms with van der Waals surface area (Å²) in [5.74, 6) is 0.853. The van der Waals surface area contributed by atoms with Crippen LogP contribution in [0.1, 0.15) is 24.0 Å². The van der Waals surface area contributed by atoms with E-state index in [-0.39, 0.29) is 0 Å². The molecule has 0 aliphatic carbocycles. The molecule has 0 amide bonds. The number of hydrogen-bond acceptors (Lipinski definition) is 4. The van der Waals surface area contributed by atoms with Crippen molar-refractivity contribution < 1.29 is 0 Å². The van der Waals surface area contributed by atoms with Gasteiger partial charge in [0.25, 0.3) is 0 Å². The number of rotatable bonds is 4. The van der Waals surface area contributed by atoms with Gasteiger partial charge in [-0.3, -0.25) is 4.98 Å². The van der Waals surface area contributed by atoms with Crippen LogP contribution in [0.2, 0.25) is 6.82 Å². The van der Waals surface area contributed by atoms with E-state index in [1.54, 1.807) is 0 Å². The molecule has 0 unspecified atom stereocenters. The summed E-state index contributed by atoms with van der Waals surface area (Å²) in [7, 11) is 2.06. The molecule has 0 saturated carbocycles. The largest absolute Gasteiger partial charge is 0.257 e. The normalized spacial score (nSPS) is 11.2. The van der Waals surface area contributed by atoms with Crippen LogP contribution in [0.25, 0.3) is 16.6 Å². The highest BCUT2D eigenvalue weighted by Crippen LogP contribution is 2.16. The molecule has 0 aliphatic rings. The van der Waals surface area contributed by atoms with Crippen molar-refractivity contribution >= 4 is 29.3 Å². The molecule has 1 radical (unpaired) electrons. The summed E-state index contributed by atoms with van der Waals surface area (Å²) in [5.41, 5.74) is 5.13. The molecule has 0 saturated heterocycles. The highest BCUT2D eigenvalue weighted by molar-refractivity contribution is 6.52. The molecule has 1 aromatic carbocycles. The number of fused-ring (bicyclic) bond motifs is 2. The molecule has 5 nitrogen and oxygen atoms in total. The van der Waals surface area contributed by atoms with Gasteiger partial charge in [-0.05, 0) is 41.6 Å². The van der Waals surface area contributed by atoms with E-state index < -0.39 is 0 Å². The third-order valence-corrected chi connectivity index (χ3v) is 4.21. The molecule has 0 spiro atoms. The first kappa shape index (κ1) is 14.8. The second kappa shape index (κ2) is 6.04. The Morgan fingerprint density at radius 1 is 1.08 bits per heavy atom. The molecule has 24 heavy (non-hydrogen) atoms. The summed E-state index contributed by atoms with van der Waals surface area (Å²) in [6.07, 6.45) is 3.48. The van der Waals surface area contributed by atoms with Crippen molar-refractivity contribution in [1.29, 1.82) is 0 Å². The second-order valence-electron chi connectivity index (χ2n) is 5.83. The van der Waals surface area contributed by atoms with Crippen LogP contribution in [0.15, 0.2) is 42.6 Å². The van der Waals surface area contributed by atoms with Crippen molar-refractivity contribution in [2.45, 2.75) is 26.6 Å². The van der Waals surface area contributed by atoms with Crippen molar-refractivity contribution in [3.8, 4) is 0 Å². The minimum atomic E-state index is 0.692. The fourth-order valence-electron chi connectivity index (χ4n) is 2.82. The zero-order chi connectivity index (χ0) is 16.5. The highest BCUT2D eigenvalue weighted by Gasteiger charge is 2.09. The number of nitrogens with zero attached hydrogens (tertiary/aromatic N) is 5. The fraction of sp³-hybridized carbons (Fsp3) is 0.222. The van der Waals surface area contributed by atoms with E-state index in [2.05, 4.69) is 58.7 Å². The SMILES string of the molecule is C[B]c1cnc2ccc(Cc3nnc4ccc(CC)nn34)cc2c1. The minimum Gasteiger partial charge on any atom is -0.257 e. The molecule has 3 aromatic heterocycles. The standard InChI is InChI=1S/C18H17BN5/c1-3-15-5-7-17-21-22-18(24(17)23-15)9-12-4-6-16-13(8-12)10-14(19-2)11-20-16/h4-8,10-11H,3,9H2,1-2H3. The summed E-state index contributed by atoms with van der Waals surface area (Å²) in [6, 6.07) is 12.4. The van der Waals surface area contributed by atoms with Gasteiger partial charge in [-0.2, -0.15) is 9.61 Å². The first-order valence-electron chi connectivity index (χ1n) is 8.15. The van der Waals surface area contributed by atoms with E-state index in [9.17, 15) is 0 Å². The van der Waals surface area contributed by atoms with Crippen molar-refractivity contribution in [2.75, 3.05) is 0 Å². The average Bonchev–Trinajstić information content (AvgIpc) is 3.03. The van der Waals surface area contributed by atoms with E-state index >= 15 is 0 Å². The smallest absolute Gasteiger partial charge is 0.177 e. The van der Waals surface area contributed by atoms with Gasteiger partial charge < -0.3 is 0 Å². The molecule has 4 rings (SSSR count). The van der Waals surface area contributed by atoms with E-state index in [0.29, 0.717) is 6.42 Å². The minimum absolute atomic E-state index is 0.692. The molecule has 6 heteroatoms. The summed E-state index contributed by atoms with van der Waals surface area (Å²) in [5, 5.41) is 14.3. The third-order valence-electron chi connectivity index (χ3n) is 4.21. The molecule has 4 aromatic rings. The van der Waals surface area contributed by atoms with Crippen molar-refractivity contribution in [2.24, 2.45) is 0 Å². The van der Waals surface area contributed by atoms with E-state index in [1.807, 2.05) is 29.7 Å². The molecule has 0 aliphatic heterocycles. The lowest BCUT2D eigenvalue weighted by molar-refractivity contribution is 0.802. The molecule has 0 atom stereocenters. The van der Waals surface area contributed by atoms with Gasteiger partial charge in [0.2, 0.25) is 0 Å². The van der Waals surface area contributed by atoms with E-state index in [0.717, 1.165) is 40.0 Å². The summed E-state index contributed by atoms with van der Waals surface area (Å²) in [6.45, 7) is 4.11. The van der Waals surface area contributed by atoms with Crippen molar-refractivity contribution in [1.82, 2.24) is 24.8 Å². The van der Waals surface area contributed by atoms with Gasteiger partial charge in [0, 0.05) is 12.6 Å². The molecular formula is C18H17BN5. The summed E-state index contributed by atoms with van der Waals surface area (Å²) < 4.78 is 1.84. The van der Waals surface area contributed by atoms with Gasteiger partial charge in [0.1, 0.15) is 7.28 Å². The number of aryl methyl sites for hydroxylation is 1. The zero-order valence-corrected chi connectivity index (χ0v) is 13.8. The first-order valence-corrected chi connectivity index (χ1v) is 8.15. The van der Waals surface area contributed by atoms with Crippen LogP contribution in [0.4, 0.5) is 0 Å². The Morgan fingerprint density at radius 3 is 2.83 bits per heavy atom. The number of aromatic nitrogens is 5. The van der Waals surface area contributed by atoms with Gasteiger partial charge in [-0.25, -0.2) is 0 Å². The Bertz CT molecular complexity index is 1020. The van der Waals surface area contributed by atoms with Crippen LogP contribution in [-0.4, -0.2) is 32.1 Å². The van der Waals surface area contributed by atoms with Gasteiger partial charge in [0.15, 0.2) is 11.5 Å². The zero-order valence-electron chi connectivity index (χ0n) is 13.8. The Kier molecular flexibility index (Phi) is 3.73. The second-order valence-corrected chi connectivity index (χ2v) is 5.83. The van der Waals surface area contributed by atoms with E-state index in [4.69, 9.17) is 0 Å². The maximum atomic E-state index is 4.61. The maximum Gasteiger partial charge on any atom is 0.177 e. The molecule has 117 valence electrons. The Hall–Kier alpha value is -2.76. The molecule has 0 fully saturated rings. The van der Waals surface area contributed by atoms with Gasteiger partial charge in [-0.15, -0.1) is 10.2 Å². The fourth-order valence-corrected chi connectivity index (χ4v) is 2.82. The summed E-state index contributed by atoms with van der Waals surface area (Å²) >= 11 is 0. The predicted octanol–water partition coefficient (Wildman–Crippen LogP) is 2.20. The summed E-state index contributed by atoms with van der Waals surface area (Å²) in [4.78, 5) is 4.49. The predicted molar refractivity (Wildman–Crippen MR) is 96.0 cm³/mol. The third kappa shape index (κ3) is 2.64. The molecule has 0 N–H and O–H groups in total. The maximum absolute atomic E-state index is 4.61. The van der Waals surface area contributed by atoms with Crippen LogP contribution >= 0.6 is 0 Å². The molecule has 0 bridgehead atoms. The Balaban J connectivity index is 1.73. The monoisotopic (exact) mass is 314 g/mol. The highest BCUT2D eigenvalue weighted by atomic mass is 15.4. The Labute approximate surface area is 141 Å².